The standard InChI is InChI=1S/C17H18FN3O2/c1-12-8-13(18)2-4-16(12)17-5-3-15(23-17)10-19-14-9-20-21(11-14)6-7-22/h2-5,8-9,11,19,22H,6-7,10H2,1H3. The number of aliphatic hydroxyl groups is 1. The lowest BCUT2D eigenvalue weighted by atomic mass is 10.1. The number of hydrogen-bond donors (Lipinski definition) is 2. The summed E-state index contributed by atoms with van der Waals surface area (Å²) in [5.41, 5.74) is 2.58. The van der Waals surface area contributed by atoms with Gasteiger partial charge in [-0.3, -0.25) is 4.68 Å². The van der Waals surface area contributed by atoms with Gasteiger partial charge in [0.05, 0.1) is 31.6 Å². The minimum atomic E-state index is -0.250. The third-order valence-electron chi connectivity index (χ3n) is 3.54. The van der Waals surface area contributed by atoms with E-state index in [1.807, 2.05) is 25.3 Å². The average molecular weight is 315 g/mol. The second kappa shape index (κ2) is 6.66. The van der Waals surface area contributed by atoms with E-state index in [4.69, 9.17) is 9.52 Å². The molecule has 0 atom stereocenters. The topological polar surface area (TPSA) is 63.2 Å². The second-order valence-electron chi connectivity index (χ2n) is 5.29. The molecule has 1 aromatic carbocycles. The van der Waals surface area contributed by atoms with E-state index in [0.29, 0.717) is 13.1 Å². The Morgan fingerprint density at radius 1 is 1.30 bits per heavy atom. The molecular weight excluding hydrogens is 297 g/mol. The molecule has 0 aliphatic heterocycles. The summed E-state index contributed by atoms with van der Waals surface area (Å²) in [5, 5.41) is 16.2. The van der Waals surface area contributed by atoms with Crippen LogP contribution in [-0.2, 0) is 13.1 Å². The zero-order valence-corrected chi connectivity index (χ0v) is 12.8. The predicted molar refractivity (Wildman–Crippen MR) is 85.5 cm³/mol. The molecule has 23 heavy (non-hydrogen) atoms. The van der Waals surface area contributed by atoms with Gasteiger partial charge in [-0.15, -0.1) is 0 Å². The summed E-state index contributed by atoms with van der Waals surface area (Å²) < 4.78 is 20.6. The van der Waals surface area contributed by atoms with E-state index >= 15 is 0 Å². The number of nitrogens with zero attached hydrogens (tertiary/aromatic N) is 2. The van der Waals surface area contributed by atoms with Crippen LogP contribution in [0.4, 0.5) is 10.1 Å². The third-order valence-corrected chi connectivity index (χ3v) is 3.54. The van der Waals surface area contributed by atoms with Crippen LogP contribution in [0, 0.1) is 12.7 Å². The van der Waals surface area contributed by atoms with Crippen LogP contribution in [-0.4, -0.2) is 21.5 Å². The molecule has 6 heteroatoms. The molecule has 0 saturated heterocycles. The summed E-state index contributed by atoms with van der Waals surface area (Å²) in [6, 6.07) is 8.42. The summed E-state index contributed by atoms with van der Waals surface area (Å²) >= 11 is 0. The molecule has 0 spiro atoms. The van der Waals surface area contributed by atoms with E-state index in [2.05, 4.69) is 10.4 Å². The van der Waals surface area contributed by atoms with E-state index in [1.165, 1.54) is 12.1 Å². The molecule has 0 amide bonds. The highest BCUT2D eigenvalue weighted by molar-refractivity contribution is 5.62. The van der Waals surface area contributed by atoms with Crippen LogP contribution in [0.15, 0.2) is 47.1 Å². The van der Waals surface area contributed by atoms with Crippen LogP contribution in [0.5, 0.6) is 0 Å². The van der Waals surface area contributed by atoms with Gasteiger partial charge in [-0.2, -0.15) is 5.10 Å². The molecule has 2 N–H and O–H groups in total. The van der Waals surface area contributed by atoms with Gasteiger partial charge in [0.15, 0.2) is 0 Å². The van der Waals surface area contributed by atoms with Crippen molar-refractivity contribution in [1.29, 1.82) is 0 Å². The summed E-state index contributed by atoms with van der Waals surface area (Å²) in [6.07, 6.45) is 3.52. The summed E-state index contributed by atoms with van der Waals surface area (Å²) in [5.74, 6) is 1.24. The maximum Gasteiger partial charge on any atom is 0.134 e. The molecule has 0 unspecified atom stereocenters. The van der Waals surface area contributed by atoms with Crippen molar-refractivity contribution in [2.45, 2.75) is 20.0 Å². The number of aromatic nitrogens is 2. The Hall–Kier alpha value is -2.60. The molecular formula is C17H18FN3O2. The molecule has 0 aliphatic rings. The number of halogens is 1. The van der Waals surface area contributed by atoms with E-state index in [9.17, 15) is 4.39 Å². The van der Waals surface area contributed by atoms with Crippen LogP contribution >= 0.6 is 0 Å². The highest BCUT2D eigenvalue weighted by Crippen LogP contribution is 2.26. The Bertz CT molecular complexity index is 795. The van der Waals surface area contributed by atoms with Gasteiger partial charge in [-0.25, -0.2) is 4.39 Å². The number of aryl methyl sites for hydroxylation is 1. The van der Waals surface area contributed by atoms with Crippen LogP contribution in [0.2, 0.25) is 0 Å². The maximum absolute atomic E-state index is 13.2. The van der Waals surface area contributed by atoms with E-state index in [0.717, 1.165) is 28.3 Å². The molecule has 2 aromatic heterocycles. The monoisotopic (exact) mass is 315 g/mol. The van der Waals surface area contributed by atoms with Crippen molar-refractivity contribution in [2.24, 2.45) is 0 Å². The minimum Gasteiger partial charge on any atom is -0.459 e. The first-order valence-corrected chi connectivity index (χ1v) is 7.38. The zero-order valence-electron chi connectivity index (χ0n) is 12.8. The van der Waals surface area contributed by atoms with E-state index in [1.54, 1.807) is 16.9 Å². The lowest BCUT2D eigenvalue weighted by molar-refractivity contribution is 0.269. The van der Waals surface area contributed by atoms with Crippen LogP contribution in [0.1, 0.15) is 11.3 Å². The number of furan rings is 1. The van der Waals surface area contributed by atoms with Crippen molar-refractivity contribution in [2.75, 3.05) is 11.9 Å². The van der Waals surface area contributed by atoms with Gasteiger partial charge < -0.3 is 14.8 Å². The van der Waals surface area contributed by atoms with Gasteiger partial charge in [0, 0.05) is 11.8 Å². The van der Waals surface area contributed by atoms with Crippen LogP contribution in [0.3, 0.4) is 0 Å². The Labute approximate surface area is 133 Å². The lowest BCUT2D eigenvalue weighted by Gasteiger charge is -2.03. The number of nitrogens with one attached hydrogen (secondary N) is 1. The highest BCUT2D eigenvalue weighted by atomic mass is 19.1. The number of benzene rings is 1. The Morgan fingerprint density at radius 2 is 2.17 bits per heavy atom. The molecule has 0 aliphatic carbocycles. The summed E-state index contributed by atoms with van der Waals surface area (Å²) in [6.45, 7) is 2.90. The number of anilines is 1. The Balaban J connectivity index is 1.67. The third kappa shape index (κ3) is 3.60. The van der Waals surface area contributed by atoms with Crippen molar-refractivity contribution >= 4 is 5.69 Å². The average Bonchev–Trinajstić information content (AvgIpc) is 3.15. The van der Waals surface area contributed by atoms with Crippen molar-refractivity contribution in [3.63, 3.8) is 0 Å². The Morgan fingerprint density at radius 3 is 2.96 bits per heavy atom. The quantitative estimate of drug-likeness (QED) is 0.733. The first-order chi connectivity index (χ1) is 11.2. The van der Waals surface area contributed by atoms with Crippen molar-refractivity contribution in [1.82, 2.24) is 9.78 Å². The molecule has 2 heterocycles. The van der Waals surface area contributed by atoms with Gasteiger partial charge >= 0.3 is 0 Å². The van der Waals surface area contributed by atoms with Gasteiger partial charge in [-0.1, -0.05) is 0 Å². The normalized spacial score (nSPS) is 10.9. The smallest absolute Gasteiger partial charge is 0.134 e. The van der Waals surface area contributed by atoms with Crippen LogP contribution < -0.4 is 5.32 Å². The maximum atomic E-state index is 13.2. The fraction of sp³-hybridized carbons (Fsp3) is 0.235. The van der Waals surface area contributed by atoms with Crippen molar-refractivity contribution in [3.05, 3.63) is 59.9 Å². The molecule has 0 bridgehead atoms. The van der Waals surface area contributed by atoms with Crippen molar-refractivity contribution < 1.29 is 13.9 Å². The molecule has 3 rings (SSSR count). The molecule has 0 fully saturated rings. The van der Waals surface area contributed by atoms with Crippen LogP contribution in [0.25, 0.3) is 11.3 Å². The fourth-order valence-corrected chi connectivity index (χ4v) is 2.39. The fourth-order valence-electron chi connectivity index (χ4n) is 2.39. The van der Waals surface area contributed by atoms with Gasteiger partial charge in [-0.05, 0) is 42.8 Å². The number of hydrogen-bond acceptors (Lipinski definition) is 4. The summed E-state index contributed by atoms with van der Waals surface area (Å²) in [4.78, 5) is 0. The lowest BCUT2D eigenvalue weighted by Crippen LogP contribution is -2.02. The number of rotatable bonds is 6. The minimum absolute atomic E-state index is 0.0552. The Kier molecular flexibility index (Phi) is 4.43. The zero-order chi connectivity index (χ0) is 16.2. The molecule has 0 radical (unpaired) electrons. The predicted octanol–water partition coefficient (Wildman–Crippen LogP) is 3.20. The van der Waals surface area contributed by atoms with Gasteiger partial charge in [0.25, 0.3) is 0 Å². The number of aliphatic hydroxyl groups excluding tert-OH is 1. The van der Waals surface area contributed by atoms with Gasteiger partial charge in [0.1, 0.15) is 17.3 Å². The largest absolute Gasteiger partial charge is 0.459 e. The second-order valence-corrected chi connectivity index (χ2v) is 5.29. The molecule has 5 nitrogen and oxygen atoms in total. The highest BCUT2D eigenvalue weighted by Gasteiger charge is 2.08. The first-order valence-electron chi connectivity index (χ1n) is 7.38. The first kappa shape index (κ1) is 15.3. The molecule has 0 saturated carbocycles. The molecule has 3 aromatic rings. The molecule has 120 valence electrons. The van der Waals surface area contributed by atoms with Gasteiger partial charge in [0.2, 0.25) is 0 Å². The van der Waals surface area contributed by atoms with Crippen molar-refractivity contribution in [3.8, 4) is 11.3 Å². The SMILES string of the molecule is Cc1cc(F)ccc1-c1ccc(CNc2cnn(CCO)c2)o1. The van der Waals surface area contributed by atoms with E-state index < -0.39 is 0 Å². The summed E-state index contributed by atoms with van der Waals surface area (Å²) in [7, 11) is 0. The van der Waals surface area contributed by atoms with E-state index in [-0.39, 0.29) is 12.4 Å².